The van der Waals surface area contributed by atoms with Gasteiger partial charge in [-0.2, -0.15) is 0 Å². The second-order valence-electron chi connectivity index (χ2n) is 8.35. The molecule has 1 rings (SSSR count). The van der Waals surface area contributed by atoms with Gasteiger partial charge in [-0.05, 0) is 56.2 Å². The van der Waals surface area contributed by atoms with E-state index in [-0.39, 0.29) is 12.1 Å². The number of benzene rings is 1. The number of rotatable bonds is 19. The summed E-state index contributed by atoms with van der Waals surface area (Å²) in [5.74, 6) is 0.673. The summed E-state index contributed by atoms with van der Waals surface area (Å²) >= 11 is 0. The Bertz CT molecular complexity index is 721. The van der Waals surface area contributed by atoms with Crippen molar-refractivity contribution in [3.63, 3.8) is 0 Å². The number of allylic oxidation sites excluding steroid dienone is 5. The molecule has 0 amide bonds. The summed E-state index contributed by atoms with van der Waals surface area (Å²) < 4.78 is 15.9. The monoisotopic (exact) mass is 472 g/mol. The number of unbranched alkanes of at least 4 members (excludes halogenated alkanes) is 3. The van der Waals surface area contributed by atoms with E-state index in [2.05, 4.69) is 48.1 Å². The Kier molecular flexibility index (Phi) is 17.5. The fourth-order valence-electron chi connectivity index (χ4n) is 3.41. The van der Waals surface area contributed by atoms with Gasteiger partial charge >= 0.3 is 5.97 Å². The van der Waals surface area contributed by atoms with Gasteiger partial charge in [0.25, 0.3) is 0 Å². The van der Waals surface area contributed by atoms with E-state index in [1.165, 1.54) is 7.11 Å². The zero-order valence-electron chi connectivity index (χ0n) is 21.3. The van der Waals surface area contributed by atoms with E-state index in [9.17, 15) is 9.90 Å². The lowest BCUT2D eigenvalue weighted by Crippen LogP contribution is -2.28. The lowest BCUT2D eigenvalue weighted by molar-refractivity contribution is -0.140. The molecular weight excluding hydrogens is 428 g/mol. The summed E-state index contributed by atoms with van der Waals surface area (Å²) in [7, 11) is 3.07. The third-order valence-corrected chi connectivity index (χ3v) is 5.55. The molecule has 5 nitrogen and oxygen atoms in total. The van der Waals surface area contributed by atoms with Gasteiger partial charge in [-0.3, -0.25) is 4.79 Å². The second kappa shape index (κ2) is 20.0. The number of ether oxygens (including phenoxy) is 3. The zero-order chi connectivity index (χ0) is 24.9. The van der Waals surface area contributed by atoms with Crippen LogP contribution in [0.15, 0.2) is 60.7 Å². The number of aliphatic hydroxyl groups excluding tert-OH is 1. The highest BCUT2D eigenvalue weighted by atomic mass is 16.5. The molecule has 0 aliphatic rings. The molecule has 190 valence electrons. The first kappa shape index (κ1) is 29.7. The van der Waals surface area contributed by atoms with Gasteiger partial charge in [0, 0.05) is 6.42 Å². The van der Waals surface area contributed by atoms with Crippen molar-refractivity contribution in [2.45, 2.75) is 89.9 Å². The second-order valence-corrected chi connectivity index (χ2v) is 8.35. The Morgan fingerprint density at radius 2 is 1.62 bits per heavy atom. The highest BCUT2D eigenvalue weighted by molar-refractivity contribution is 5.69. The average Bonchev–Trinajstić information content (AvgIpc) is 2.86. The largest absolute Gasteiger partial charge is 0.497 e. The maximum atomic E-state index is 11.0. The molecule has 1 aromatic rings. The molecule has 2 atom stereocenters. The zero-order valence-corrected chi connectivity index (χ0v) is 21.3. The summed E-state index contributed by atoms with van der Waals surface area (Å²) in [4.78, 5) is 11.0. The van der Waals surface area contributed by atoms with Crippen molar-refractivity contribution in [3.05, 3.63) is 66.3 Å². The summed E-state index contributed by atoms with van der Waals surface area (Å²) in [5.41, 5.74) is 1.07. The van der Waals surface area contributed by atoms with E-state index in [0.717, 1.165) is 62.7 Å². The molecule has 0 fully saturated rings. The lowest BCUT2D eigenvalue weighted by Gasteiger charge is -2.22. The van der Waals surface area contributed by atoms with Crippen molar-refractivity contribution in [3.8, 4) is 5.75 Å². The minimum Gasteiger partial charge on any atom is -0.497 e. The van der Waals surface area contributed by atoms with Gasteiger partial charge in [0.15, 0.2) is 0 Å². The van der Waals surface area contributed by atoms with Gasteiger partial charge in [0.05, 0.1) is 33.0 Å². The van der Waals surface area contributed by atoms with Crippen molar-refractivity contribution in [1.82, 2.24) is 0 Å². The maximum absolute atomic E-state index is 11.0. The Hall–Kier alpha value is -2.37. The van der Waals surface area contributed by atoms with Crippen LogP contribution in [0, 0.1) is 0 Å². The maximum Gasteiger partial charge on any atom is 0.305 e. The van der Waals surface area contributed by atoms with Gasteiger partial charge in [-0.15, -0.1) is 0 Å². The minimum atomic E-state index is -0.464. The first-order chi connectivity index (χ1) is 16.6. The van der Waals surface area contributed by atoms with Crippen LogP contribution >= 0.6 is 0 Å². The molecule has 0 saturated carbocycles. The van der Waals surface area contributed by atoms with E-state index in [0.29, 0.717) is 19.4 Å². The highest BCUT2D eigenvalue weighted by Gasteiger charge is 2.18. The van der Waals surface area contributed by atoms with Crippen LogP contribution in [0.25, 0.3) is 0 Å². The van der Waals surface area contributed by atoms with Gasteiger partial charge in [0.2, 0.25) is 0 Å². The van der Waals surface area contributed by atoms with Crippen LogP contribution in [-0.2, 0) is 20.9 Å². The molecule has 0 bridgehead atoms. The van der Waals surface area contributed by atoms with Crippen LogP contribution in [0.4, 0.5) is 0 Å². The Labute approximate surface area is 206 Å². The Morgan fingerprint density at radius 3 is 2.26 bits per heavy atom. The average molecular weight is 473 g/mol. The highest BCUT2D eigenvalue weighted by Crippen LogP contribution is 2.17. The molecule has 0 aromatic heterocycles. The van der Waals surface area contributed by atoms with Crippen molar-refractivity contribution in [2.75, 3.05) is 14.2 Å². The number of carbonyl (C=O) groups excluding carboxylic acids is 1. The predicted octanol–water partition coefficient (Wildman–Crippen LogP) is 6.70. The van der Waals surface area contributed by atoms with Crippen LogP contribution in [0.5, 0.6) is 5.75 Å². The number of aliphatic hydroxyl groups is 1. The van der Waals surface area contributed by atoms with Crippen LogP contribution in [0.1, 0.15) is 76.7 Å². The van der Waals surface area contributed by atoms with E-state index in [4.69, 9.17) is 9.47 Å². The number of methoxy groups -OCH3 is 2. The lowest BCUT2D eigenvalue weighted by atomic mass is 10.0. The molecule has 1 N–H and O–H groups in total. The number of hydrogen-bond donors (Lipinski definition) is 1. The molecule has 0 saturated heterocycles. The third-order valence-electron chi connectivity index (χ3n) is 5.55. The first-order valence-corrected chi connectivity index (χ1v) is 12.5. The Balaban J connectivity index is 2.39. The molecule has 5 heteroatoms. The topological polar surface area (TPSA) is 65.0 Å². The summed E-state index contributed by atoms with van der Waals surface area (Å²) in [6.07, 6.45) is 20.7. The number of hydrogen-bond acceptors (Lipinski definition) is 5. The Morgan fingerprint density at radius 1 is 0.941 bits per heavy atom. The normalized spacial score (nSPS) is 13.6. The van der Waals surface area contributed by atoms with E-state index >= 15 is 0 Å². The SMILES string of the molecule is CCCCC[C@@H](O)[C@@H](C/C=C\C/C=C\C/C=C\CCCC(=O)OC)OCc1ccc(OC)cc1. The molecule has 0 aliphatic heterocycles. The molecule has 0 spiro atoms. The standard InChI is InChI=1S/C29H44O5/c1-4-5-14-17-27(30)28(34-24-25-20-22-26(32-2)23-21-25)18-15-12-10-8-6-7-9-11-13-16-19-29(31)33-3/h6,8-9,11-12,15,20-23,27-28,30H,4-5,7,10,13-14,16-19,24H2,1-3H3/b8-6-,11-9-,15-12-/t27-,28-/m1/s1. The molecule has 34 heavy (non-hydrogen) atoms. The summed E-state index contributed by atoms with van der Waals surface area (Å²) in [5, 5.41) is 10.7. The van der Waals surface area contributed by atoms with Crippen LogP contribution in [0.2, 0.25) is 0 Å². The van der Waals surface area contributed by atoms with Crippen LogP contribution < -0.4 is 4.74 Å². The summed E-state index contributed by atoms with van der Waals surface area (Å²) in [6.45, 7) is 2.64. The van der Waals surface area contributed by atoms with Crippen molar-refractivity contribution in [2.24, 2.45) is 0 Å². The minimum absolute atomic E-state index is 0.151. The van der Waals surface area contributed by atoms with Gasteiger partial charge < -0.3 is 19.3 Å². The third kappa shape index (κ3) is 14.7. The fraction of sp³-hybridized carbons (Fsp3) is 0.552. The number of carbonyl (C=O) groups is 1. The molecule has 0 aliphatic carbocycles. The van der Waals surface area contributed by atoms with Crippen molar-refractivity contribution in [1.29, 1.82) is 0 Å². The first-order valence-electron chi connectivity index (χ1n) is 12.5. The van der Waals surface area contributed by atoms with Gasteiger partial charge in [-0.25, -0.2) is 0 Å². The quantitative estimate of drug-likeness (QED) is 0.138. The van der Waals surface area contributed by atoms with E-state index < -0.39 is 6.10 Å². The molecule has 1 aromatic carbocycles. The van der Waals surface area contributed by atoms with Gasteiger partial charge in [-0.1, -0.05) is 74.8 Å². The summed E-state index contributed by atoms with van der Waals surface area (Å²) in [6, 6.07) is 7.84. The van der Waals surface area contributed by atoms with Crippen LogP contribution in [0.3, 0.4) is 0 Å². The van der Waals surface area contributed by atoms with Crippen molar-refractivity contribution < 1.29 is 24.1 Å². The predicted molar refractivity (Wildman–Crippen MR) is 139 cm³/mol. The van der Waals surface area contributed by atoms with Gasteiger partial charge in [0.1, 0.15) is 5.75 Å². The van der Waals surface area contributed by atoms with E-state index in [1.54, 1.807) is 7.11 Å². The molecular formula is C29H44O5. The molecule has 0 radical (unpaired) electrons. The van der Waals surface area contributed by atoms with Crippen LogP contribution in [-0.4, -0.2) is 37.5 Å². The fourth-order valence-corrected chi connectivity index (χ4v) is 3.41. The molecule has 0 heterocycles. The van der Waals surface area contributed by atoms with E-state index in [1.807, 2.05) is 24.3 Å². The number of esters is 1. The van der Waals surface area contributed by atoms with Crippen molar-refractivity contribution >= 4 is 5.97 Å². The molecule has 0 unspecified atom stereocenters. The smallest absolute Gasteiger partial charge is 0.305 e.